The normalized spacial score (nSPS) is 20.9. The van der Waals surface area contributed by atoms with Gasteiger partial charge in [-0.2, -0.15) is 0 Å². The summed E-state index contributed by atoms with van der Waals surface area (Å²) in [5.41, 5.74) is 0.942. The topological polar surface area (TPSA) is 128 Å². The van der Waals surface area contributed by atoms with E-state index in [1.165, 1.54) is 7.11 Å². The van der Waals surface area contributed by atoms with E-state index in [4.69, 9.17) is 14.9 Å². The van der Waals surface area contributed by atoms with Gasteiger partial charge in [0.15, 0.2) is 5.76 Å². The highest BCUT2D eigenvalue weighted by Crippen LogP contribution is 2.26. The Labute approximate surface area is 115 Å². The van der Waals surface area contributed by atoms with Crippen molar-refractivity contribution in [2.45, 2.75) is 12.8 Å². The smallest absolute Gasteiger partial charge is 0.325 e. The molecule has 20 heavy (non-hydrogen) atoms. The second kappa shape index (κ2) is 7.49. The van der Waals surface area contributed by atoms with Crippen LogP contribution in [0.3, 0.4) is 0 Å². The lowest BCUT2D eigenvalue weighted by atomic mass is 9.90. The van der Waals surface area contributed by atoms with Crippen LogP contribution in [0.1, 0.15) is 12.8 Å². The molecule has 0 saturated heterocycles. The van der Waals surface area contributed by atoms with Crippen molar-refractivity contribution >= 4 is 17.7 Å². The van der Waals surface area contributed by atoms with Gasteiger partial charge >= 0.3 is 11.9 Å². The maximum atomic E-state index is 10.6. The lowest BCUT2D eigenvalue weighted by Crippen LogP contribution is -2.32. The fraction of sp³-hybridized carbons (Fsp3) is 0.583. The molecule has 8 heteroatoms. The molecule has 8 nitrogen and oxygen atoms in total. The van der Waals surface area contributed by atoms with Crippen LogP contribution < -0.4 is 5.32 Å². The molecule has 0 bridgehead atoms. The lowest BCUT2D eigenvalue weighted by Gasteiger charge is -2.27. The zero-order chi connectivity index (χ0) is 15.1. The first kappa shape index (κ1) is 16.0. The summed E-state index contributed by atoms with van der Waals surface area (Å²) in [6.45, 7) is -0.777. The average molecular weight is 286 g/mol. The van der Waals surface area contributed by atoms with Gasteiger partial charge in [0, 0.05) is 6.61 Å². The van der Waals surface area contributed by atoms with Gasteiger partial charge in [-0.15, -0.1) is 0 Å². The van der Waals surface area contributed by atoms with Gasteiger partial charge in [0.05, 0.1) is 18.5 Å². The summed E-state index contributed by atoms with van der Waals surface area (Å²) in [5, 5.41) is 29.3. The molecule has 0 heterocycles. The molecule has 1 aliphatic carbocycles. The zero-order valence-electron chi connectivity index (χ0n) is 11.1. The van der Waals surface area contributed by atoms with Crippen LogP contribution in [0.4, 0.5) is 0 Å². The highest BCUT2D eigenvalue weighted by atomic mass is 16.5. The molecule has 0 saturated carbocycles. The van der Waals surface area contributed by atoms with Gasteiger partial charge < -0.3 is 25.4 Å². The van der Waals surface area contributed by atoms with Crippen molar-refractivity contribution in [2.75, 3.05) is 26.8 Å². The molecule has 0 amide bonds. The van der Waals surface area contributed by atoms with Crippen molar-refractivity contribution in [2.24, 2.45) is 10.9 Å². The maximum Gasteiger partial charge on any atom is 0.325 e. The fourth-order valence-corrected chi connectivity index (χ4v) is 2.00. The van der Waals surface area contributed by atoms with E-state index < -0.39 is 18.5 Å². The minimum absolute atomic E-state index is 0.0959. The number of hydrogen-bond donors (Lipinski definition) is 4. The summed E-state index contributed by atoms with van der Waals surface area (Å²) in [6.07, 6.45) is 0.824. The Kier molecular flexibility index (Phi) is 5.98. The monoisotopic (exact) mass is 286 g/mol. The van der Waals surface area contributed by atoms with Crippen LogP contribution in [0.15, 0.2) is 16.4 Å². The number of aliphatic carboxylic acids is 2. The molecule has 1 atom stereocenters. The van der Waals surface area contributed by atoms with E-state index >= 15 is 0 Å². The van der Waals surface area contributed by atoms with E-state index in [2.05, 4.69) is 10.3 Å². The van der Waals surface area contributed by atoms with Gasteiger partial charge in [0.2, 0.25) is 0 Å². The van der Waals surface area contributed by atoms with Crippen molar-refractivity contribution in [3.63, 3.8) is 0 Å². The molecule has 112 valence electrons. The highest BCUT2D eigenvalue weighted by Gasteiger charge is 2.27. The van der Waals surface area contributed by atoms with Gasteiger partial charge in [-0.1, -0.05) is 0 Å². The molecule has 0 aromatic heterocycles. The summed E-state index contributed by atoms with van der Waals surface area (Å²) in [6, 6.07) is 0. The highest BCUT2D eigenvalue weighted by molar-refractivity contribution is 6.00. The minimum atomic E-state index is -1.07. The molecular formula is C12H18N2O6. The average Bonchev–Trinajstić information content (AvgIpc) is 2.41. The minimum Gasteiger partial charge on any atom is -0.493 e. The zero-order valence-corrected chi connectivity index (χ0v) is 11.1. The third-order valence-corrected chi connectivity index (χ3v) is 2.83. The van der Waals surface area contributed by atoms with Gasteiger partial charge in [-0.25, -0.2) is 0 Å². The van der Waals surface area contributed by atoms with Gasteiger partial charge in [-0.05, 0) is 18.8 Å². The number of carbonyl (C=O) groups is 2. The first-order valence-electron chi connectivity index (χ1n) is 6.07. The first-order chi connectivity index (χ1) is 9.47. The summed E-state index contributed by atoms with van der Waals surface area (Å²) in [5.74, 6) is -1.88. The van der Waals surface area contributed by atoms with Crippen LogP contribution in [0, 0.1) is 5.92 Å². The molecule has 4 N–H and O–H groups in total. The summed E-state index contributed by atoms with van der Waals surface area (Å²) in [4.78, 5) is 25.1. The first-order valence-corrected chi connectivity index (χ1v) is 6.07. The number of nitrogens with zero attached hydrogens (tertiary/aromatic N) is 1. The number of methoxy groups -OCH3 is 1. The van der Waals surface area contributed by atoms with Crippen LogP contribution >= 0.6 is 0 Å². The maximum absolute atomic E-state index is 10.6. The number of hydrogen-bond acceptors (Lipinski definition) is 6. The Morgan fingerprint density at radius 2 is 2.05 bits per heavy atom. The van der Waals surface area contributed by atoms with Crippen LogP contribution in [0.2, 0.25) is 0 Å². The van der Waals surface area contributed by atoms with Gasteiger partial charge in [0.25, 0.3) is 0 Å². The molecule has 0 radical (unpaired) electrons. The number of ether oxygens (including phenoxy) is 1. The number of aliphatic hydroxyl groups is 1. The molecule has 1 unspecified atom stereocenters. The van der Waals surface area contributed by atoms with E-state index in [0.29, 0.717) is 30.0 Å². The van der Waals surface area contributed by atoms with Crippen molar-refractivity contribution < 1.29 is 29.6 Å². The van der Waals surface area contributed by atoms with Crippen LogP contribution in [0.25, 0.3) is 0 Å². The Balaban J connectivity index is 3.00. The third kappa shape index (κ3) is 4.54. The van der Waals surface area contributed by atoms with E-state index in [9.17, 15) is 14.7 Å². The van der Waals surface area contributed by atoms with E-state index in [1.807, 2.05) is 0 Å². The second-order valence-corrected chi connectivity index (χ2v) is 4.37. The van der Waals surface area contributed by atoms with E-state index in [0.717, 1.165) is 0 Å². The summed E-state index contributed by atoms with van der Waals surface area (Å²) in [7, 11) is 1.41. The Morgan fingerprint density at radius 3 is 2.55 bits per heavy atom. The molecule has 1 aliphatic rings. The van der Waals surface area contributed by atoms with E-state index in [1.54, 1.807) is 0 Å². The van der Waals surface area contributed by atoms with Crippen LogP contribution in [-0.2, 0) is 14.3 Å². The fourth-order valence-electron chi connectivity index (χ4n) is 2.00. The Hall–Kier alpha value is -2.09. The number of nitrogens with one attached hydrogen (secondary N) is 1. The Morgan fingerprint density at radius 1 is 1.35 bits per heavy atom. The SMILES string of the molecule is COC1=C(NCC(=O)O)CC(CO)CC1=NCC(=O)O. The molecule has 0 aliphatic heterocycles. The second-order valence-electron chi connectivity index (χ2n) is 4.37. The molecule has 0 aromatic rings. The molecular weight excluding hydrogens is 268 g/mol. The van der Waals surface area contributed by atoms with Crippen molar-refractivity contribution in [3.8, 4) is 0 Å². The largest absolute Gasteiger partial charge is 0.493 e. The van der Waals surface area contributed by atoms with Crippen molar-refractivity contribution in [1.82, 2.24) is 5.32 Å². The lowest BCUT2D eigenvalue weighted by molar-refractivity contribution is -0.136. The number of carboxylic acids is 2. The standard InChI is InChI=1S/C12H18N2O6/c1-20-12-8(13-4-10(16)17)2-7(6-15)3-9(12)14-5-11(18)19/h7,13,15H,2-6H2,1H3,(H,16,17)(H,18,19). The number of aliphatic hydroxyl groups excluding tert-OH is 1. The van der Waals surface area contributed by atoms with Crippen molar-refractivity contribution in [1.29, 1.82) is 0 Å². The summed E-state index contributed by atoms with van der Waals surface area (Å²) >= 11 is 0. The molecule has 1 rings (SSSR count). The number of aliphatic imine (C=N–C) groups is 1. The number of carboxylic acid groups (broad SMARTS) is 2. The van der Waals surface area contributed by atoms with Crippen LogP contribution in [-0.4, -0.2) is 59.8 Å². The van der Waals surface area contributed by atoms with Crippen LogP contribution in [0.5, 0.6) is 0 Å². The predicted octanol–water partition coefficient (Wildman–Crippen LogP) is -0.553. The number of allylic oxidation sites excluding steroid dienone is 2. The predicted molar refractivity (Wildman–Crippen MR) is 69.4 cm³/mol. The van der Waals surface area contributed by atoms with Crippen molar-refractivity contribution in [3.05, 3.63) is 11.5 Å². The van der Waals surface area contributed by atoms with Gasteiger partial charge in [0.1, 0.15) is 13.1 Å². The third-order valence-electron chi connectivity index (χ3n) is 2.83. The molecule has 0 aromatic carbocycles. The van der Waals surface area contributed by atoms with E-state index in [-0.39, 0.29) is 19.1 Å². The Bertz CT molecular complexity index is 443. The summed E-state index contributed by atoms with van der Waals surface area (Å²) < 4.78 is 5.19. The number of rotatable bonds is 7. The quantitative estimate of drug-likeness (QED) is 0.494. The molecule has 0 spiro atoms. The molecule has 0 fully saturated rings. The van der Waals surface area contributed by atoms with Gasteiger partial charge in [-0.3, -0.25) is 14.6 Å².